The summed E-state index contributed by atoms with van der Waals surface area (Å²) >= 11 is 0. The number of benzene rings is 2. The van der Waals surface area contributed by atoms with Gasteiger partial charge in [0, 0.05) is 11.8 Å². The Morgan fingerprint density at radius 3 is 2.25 bits per heavy atom. The van der Waals surface area contributed by atoms with Gasteiger partial charge < -0.3 is 0 Å². The van der Waals surface area contributed by atoms with E-state index in [4.69, 9.17) is 0 Å². The van der Waals surface area contributed by atoms with E-state index in [1.165, 1.54) is 6.26 Å². The number of hydrogen-bond donors (Lipinski definition) is 0. The maximum absolute atomic E-state index is 11.6. The summed E-state index contributed by atoms with van der Waals surface area (Å²) in [6, 6.07) is 17.2. The average Bonchev–Trinajstić information content (AvgIpc) is 2.29. The SMILES string of the molecule is CS(=O)(=O)c1ccccc1-c1cc[c]cc1. The van der Waals surface area contributed by atoms with Crippen molar-refractivity contribution in [3.8, 4) is 11.1 Å². The predicted octanol–water partition coefficient (Wildman–Crippen LogP) is 2.56. The highest BCUT2D eigenvalue weighted by Gasteiger charge is 2.12. The van der Waals surface area contributed by atoms with Gasteiger partial charge in [-0.15, -0.1) is 0 Å². The molecule has 0 bridgehead atoms. The Hall–Kier alpha value is -1.61. The highest BCUT2D eigenvalue weighted by atomic mass is 32.2. The van der Waals surface area contributed by atoms with E-state index in [0.717, 1.165) is 11.1 Å². The van der Waals surface area contributed by atoms with Crippen LogP contribution in [0.15, 0.2) is 53.4 Å². The molecule has 0 aromatic heterocycles. The van der Waals surface area contributed by atoms with Crippen LogP contribution < -0.4 is 0 Å². The second-order valence-electron chi connectivity index (χ2n) is 3.56. The smallest absolute Gasteiger partial charge is 0.176 e. The average molecular weight is 231 g/mol. The Kier molecular flexibility index (Phi) is 2.79. The van der Waals surface area contributed by atoms with E-state index >= 15 is 0 Å². The van der Waals surface area contributed by atoms with Crippen LogP contribution >= 0.6 is 0 Å². The first-order valence-electron chi connectivity index (χ1n) is 4.84. The molecule has 0 heterocycles. The maximum Gasteiger partial charge on any atom is 0.176 e. The van der Waals surface area contributed by atoms with Gasteiger partial charge in [0.25, 0.3) is 0 Å². The fourth-order valence-electron chi connectivity index (χ4n) is 1.59. The van der Waals surface area contributed by atoms with Crippen LogP contribution in [-0.2, 0) is 9.84 Å². The first-order chi connectivity index (χ1) is 7.59. The van der Waals surface area contributed by atoms with Crippen molar-refractivity contribution in [2.75, 3.05) is 6.26 Å². The van der Waals surface area contributed by atoms with Gasteiger partial charge in [-0.05, 0) is 17.7 Å². The van der Waals surface area contributed by atoms with Crippen LogP contribution in [0.25, 0.3) is 11.1 Å². The molecule has 2 rings (SSSR count). The van der Waals surface area contributed by atoms with E-state index in [2.05, 4.69) is 6.07 Å². The van der Waals surface area contributed by atoms with E-state index in [1.807, 2.05) is 24.3 Å². The highest BCUT2D eigenvalue weighted by molar-refractivity contribution is 7.90. The Labute approximate surface area is 95.5 Å². The van der Waals surface area contributed by atoms with Crippen molar-refractivity contribution >= 4 is 9.84 Å². The second kappa shape index (κ2) is 4.10. The van der Waals surface area contributed by atoms with Crippen LogP contribution in [0.2, 0.25) is 0 Å². The van der Waals surface area contributed by atoms with Gasteiger partial charge in [0.15, 0.2) is 9.84 Å². The summed E-state index contributed by atoms with van der Waals surface area (Å²) in [5.41, 5.74) is 1.62. The fraction of sp³-hybridized carbons (Fsp3) is 0.0769. The molecule has 0 aliphatic heterocycles. The molecule has 0 unspecified atom stereocenters. The Morgan fingerprint density at radius 1 is 1.00 bits per heavy atom. The fourth-order valence-corrected chi connectivity index (χ4v) is 2.51. The molecule has 16 heavy (non-hydrogen) atoms. The van der Waals surface area contributed by atoms with Crippen molar-refractivity contribution in [1.82, 2.24) is 0 Å². The van der Waals surface area contributed by atoms with Gasteiger partial charge in [-0.3, -0.25) is 0 Å². The van der Waals surface area contributed by atoms with Crippen LogP contribution in [0.4, 0.5) is 0 Å². The van der Waals surface area contributed by atoms with E-state index < -0.39 is 9.84 Å². The zero-order chi connectivity index (χ0) is 11.6. The van der Waals surface area contributed by atoms with Gasteiger partial charge in [0.2, 0.25) is 0 Å². The molecule has 0 saturated heterocycles. The molecule has 0 N–H and O–H groups in total. The molecule has 2 aromatic carbocycles. The third-order valence-corrected chi connectivity index (χ3v) is 3.47. The summed E-state index contributed by atoms with van der Waals surface area (Å²) in [5, 5.41) is 0. The van der Waals surface area contributed by atoms with Crippen molar-refractivity contribution < 1.29 is 8.42 Å². The summed E-state index contributed by atoms with van der Waals surface area (Å²) in [6.07, 6.45) is 1.22. The van der Waals surface area contributed by atoms with Crippen LogP contribution in [-0.4, -0.2) is 14.7 Å². The minimum Gasteiger partial charge on any atom is -0.224 e. The standard InChI is InChI=1S/C13H11O2S/c1-16(14,15)13-10-6-5-9-12(13)11-7-3-2-4-8-11/h3-10H,1H3. The Morgan fingerprint density at radius 2 is 1.62 bits per heavy atom. The molecule has 2 aromatic rings. The lowest BCUT2D eigenvalue weighted by Gasteiger charge is -2.07. The third kappa shape index (κ3) is 2.14. The second-order valence-corrected chi connectivity index (χ2v) is 5.54. The number of rotatable bonds is 2. The van der Waals surface area contributed by atoms with E-state index in [9.17, 15) is 8.42 Å². The maximum atomic E-state index is 11.6. The topological polar surface area (TPSA) is 34.1 Å². The Balaban J connectivity index is 2.68. The number of hydrogen-bond acceptors (Lipinski definition) is 2. The van der Waals surface area contributed by atoms with Crippen molar-refractivity contribution in [3.05, 3.63) is 54.6 Å². The molecular weight excluding hydrogens is 220 g/mol. The summed E-state index contributed by atoms with van der Waals surface area (Å²) in [4.78, 5) is 0.362. The third-order valence-electron chi connectivity index (χ3n) is 2.32. The lowest BCUT2D eigenvalue weighted by Crippen LogP contribution is -1.99. The minimum atomic E-state index is -3.19. The van der Waals surface area contributed by atoms with E-state index in [-0.39, 0.29) is 0 Å². The molecule has 0 aliphatic carbocycles. The molecule has 3 heteroatoms. The zero-order valence-corrected chi connectivity index (χ0v) is 9.66. The first kappa shape index (κ1) is 10.9. The molecule has 0 aliphatic rings. The van der Waals surface area contributed by atoms with Gasteiger partial charge >= 0.3 is 0 Å². The molecule has 2 nitrogen and oxygen atoms in total. The van der Waals surface area contributed by atoms with E-state index in [0.29, 0.717) is 4.90 Å². The first-order valence-corrected chi connectivity index (χ1v) is 6.74. The molecule has 1 radical (unpaired) electrons. The molecule has 0 saturated carbocycles. The Bertz CT molecular complexity index is 586. The summed E-state index contributed by atoms with van der Waals surface area (Å²) < 4.78 is 23.2. The lowest BCUT2D eigenvalue weighted by molar-refractivity contribution is 0.602. The normalized spacial score (nSPS) is 11.3. The predicted molar refractivity (Wildman–Crippen MR) is 63.8 cm³/mol. The molecule has 0 atom stereocenters. The minimum absolute atomic E-state index is 0.362. The van der Waals surface area contributed by atoms with Crippen LogP contribution in [0.5, 0.6) is 0 Å². The molecule has 0 spiro atoms. The van der Waals surface area contributed by atoms with Crippen molar-refractivity contribution in [3.63, 3.8) is 0 Å². The molecular formula is C13H11O2S. The molecule has 0 fully saturated rings. The summed E-state index contributed by atoms with van der Waals surface area (Å²) in [6.45, 7) is 0. The zero-order valence-electron chi connectivity index (χ0n) is 8.84. The van der Waals surface area contributed by atoms with Crippen LogP contribution in [0.3, 0.4) is 0 Å². The van der Waals surface area contributed by atoms with Crippen LogP contribution in [0.1, 0.15) is 0 Å². The van der Waals surface area contributed by atoms with Gasteiger partial charge in [-0.25, -0.2) is 8.42 Å². The van der Waals surface area contributed by atoms with Gasteiger partial charge in [-0.2, -0.15) is 0 Å². The largest absolute Gasteiger partial charge is 0.224 e. The van der Waals surface area contributed by atoms with Crippen molar-refractivity contribution in [2.45, 2.75) is 4.90 Å². The monoisotopic (exact) mass is 231 g/mol. The quantitative estimate of drug-likeness (QED) is 0.796. The van der Waals surface area contributed by atoms with Gasteiger partial charge in [0.05, 0.1) is 4.90 Å². The van der Waals surface area contributed by atoms with E-state index in [1.54, 1.807) is 24.3 Å². The van der Waals surface area contributed by atoms with Gasteiger partial charge in [0.1, 0.15) is 0 Å². The van der Waals surface area contributed by atoms with Crippen LogP contribution in [0, 0.1) is 6.07 Å². The summed E-state index contributed by atoms with van der Waals surface area (Å²) in [7, 11) is -3.19. The summed E-state index contributed by atoms with van der Waals surface area (Å²) in [5.74, 6) is 0. The van der Waals surface area contributed by atoms with Gasteiger partial charge in [-0.1, -0.05) is 42.5 Å². The number of sulfone groups is 1. The molecule has 0 amide bonds. The lowest BCUT2D eigenvalue weighted by atomic mass is 10.1. The highest BCUT2D eigenvalue weighted by Crippen LogP contribution is 2.26. The molecule has 81 valence electrons. The van der Waals surface area contributed by atoms with Crippen molar-refractivity contribution in [2.24, 2.45) is 0 Å². The van der Waals surface area contributed by atoms with Crippen molar-refractivity contribution in [1.29, 1.82) is 0 Å².